The summed E-state index contributed by atoms with van der Waals surface area (Å²) in [5.74, 6) is 0. The van der Waals surface area contributed by atoms with Crippen LogP contribution in [0, 0.1) is 0 Å². The van der Waals surface area contributed by atoms with E-state index in [0.717, 1.165) is 0 Å². The van der Waals surface area contributed by atoms with E-state index < -0.39 is 7.74 Å². The summed E-state index contributed by atoms with van der Waals surface area (Å²) in [5.41, 5.74) is 0. The molecule has 0 amide bonds. The normalized spacial score (nSPS) is 32.1. The Balaban J connectivity index is 0. The van der Waals surface area contributed by atoms with Crippen molar-refractivity contribution in [2.24, 2.45) is 0 Å². The molecule has 0 aromatic rings. The molecule has 1 aliphatic heterocycles. The molecule has 8 heavy (non-hydrogen) atoms. The fraction of sp³-hybridized carbons (Fsp3) is 0. The predicted octanol–water partition coefficient (Wildman–Crippen LogP) is -0.952. The molecule has 1 heterocycles. The van der Waals surface area contributed by atoms with Gasteiger partial charge in [0.15, 0.2) is 0 Å². The molecule has 1 saturated heterocycles. The first-order valence-corrected chi connectivity index (χ1v) is 3.06. The standard InChI is InChI=1S/H3O5P.2Ti/c1-6(2,3)4-5-6;;/h1-3H;;. The minimum Gasteiger partial charge on any atom is 0 e. The van der Waals surface area contributed by atoms with Crippen molar-refractivity contribution in [3.05, 3.63) is 0 Å². The van der Waals surface area contributed by atoms with Crippen molar-refractivity contribution in [3.8, 4) is 0 Å². The Bertz CT molecular complexity index is 74.2. The van der Waals surface area contributed by atoms with Crippen LogP contribution in [0.25, 0.3) is 0 Å². The van der Waals surface area contributed by atoms with E-state index >= 15 is 0 Å². The molecule has 0 atom stereocenters. The zero-order valence-corrected chi connectivity index (χ0v) is 7.62. The van der Waals surface area contributed by atoms with E-state index in [1.807, 2.05) is 0 Å². The third-order valence-corrected chi connectivity index (χ3v) is 0.824. The minimum absolute atomic E-state index is 0. The molecule has 5 nitrogen and oxygen atoms in total. The van der Waals surface area contributed by atoms with E-state index in [2.05, 4.69) is 9.35 Å². The quantitative estimate of drug-likeness (QED) is 0.207. The van der Waals surface area contributed by atoms with Gasteiger partial charge in [-0.25, -0.2) is 0 Å². The number of hydrogen-bond acceptors (Lipinski definition) is 5. The van der Waals surface area contributed by atoms with E-state index in [9.17, 15) is 0 Å². The van der Waals surface area contributed by atoms with Crippen LogP contribution >= 0.6 is 7.74 Å². The van der Waals surface area contributed by atoms with Crippen molar-refractivity contribution < 1.29 is 67.5 Å². The summed E-state index contributed by atoms with van der Waals surface area (Å²) in [4.78, 5) is 23.7. The van der Waals surface area contributed by atoms with Crippen LogP contribution in [0.15, 0.2) is 0 Å². The van der Waals surface area contributed by atoms with E-state index in [1.165, 1.54) is 0 Å². The Morgan fingerprint density at radius 3 is 1.00 bits per heavy atom. The maximum Gasteiger partial charge on any atom is 0 e. The molecular formula is H3O5PTi2. The van der Waals surface area contributed by atoms with E-state index in [4.69, 9.17) is 14.7 Å². The summed E-state index contributed by atoms with van der Waals surface area (Å²) in [5, 5.41) is 0. The van der Waals surface area contributed by atoms with Crippen LogP contribution < -0.4 is 0 Å². The third kappa shape index (κ3) is 4.53. The van der Waals surface area contributed by atoms with Gasteiger partial charge in [0.2, 0.25) is 0 Å². The largest absolute Gasteiger partial charge is 0 e. The molecule has 1 rings (SSSR count). The van der Waals surface area contributed by atoms with E-state index in [-0.39, 0.29) is 43.4 Å². The topological polar surface area (TPSA) is 85.8 Å². The summed E-state index contributed by atoms with van der Waals surface area (Å²) in [6.07, 6.45) is 0. The molecule has 0 radical (unpaired) electrons. The fourth-order valence-electron chi connectivity index (χ4n) is 0.0447. The van der Waals surface area contributed by atoms with Gasteiger partial charge in [0.1, 0.15) is 0 Å². The summed E-state index contributed by atoms with van der Waals surface area (Å²) < 4.78 is 6.76. The SMILES string of the molecule is OP1(O)(O)OO1.[Ti].[Ti]. The van der Waals surface area contributed by atoms with Gasteiger partial charge in [0, 0.05) is 43.4 Å². The van der Waals surface area contributed by atoms with Gasteiger partial charge in [-0.05, 0) is 0 Å². The van der Waals surface area contributed by atoms with Crippen LogP contribution in [-0.2, 0) is 52.8 Å². The molecular weight excluding hydrogens is 207 g/mol. The molecule has 0 aromatic carbocycles. The summed E-state index contributed by atoms with van der Waals surface area (Å²) in [7, 11) is -4.80. The zero-order valence-electron chi connectivity index (χ0n) is 3.61. The first kappa shape index (κ1) is 12.3. The number of rotatable bonds is 0. The maximum absolute atomic E-state index is 7.89. The summed E-state index contributed by atoms with van der Waals surface area (Å²) in [6.45, 7) is 0. The van der Waals surface area contributed by atoms with Crippen LogP contribution in [0.2, 0.25) is 0 Å². The molecule has 1 aliphatic rings. The average molecular weight is 210 g/mol. The van der Waals surface area contributed by atoms with Gasteiger partial charge in [0.25, 0.3) is 0 Å². The first-order chi connectivity index (χ1) is 2.47. The van der Waals surface area contributed by atoms with E-state index in [1.54, 1.807) is 0 Å². The Labute approximate surface area is 75.0 Å². The van der Waals surface area contributed by atoms with Crippen LogP contribution in [0.1, 0.15) is 0 Å². The smallest absolute Gasteiger partial charge is 0 e. The monoisotopic (exact) mass is 210 g/mol. The van der Waals surface area contributed by atoms with Crippen molar-refractivity contribution in [3.63, 3.8) is 0 Å². The fourth-order valence-corrected chi connectivity index (χ4v) is 0.402. The molecule has 1 fully saturated rings. The van der Waals surface area contributed by atoms with Gasteiger partial charge in [-0.3, -0.25) is 0 Å². The van der Waals surface area contributed by atoms with E-state index in [0.29, 0.717) is 0 Å². The first-order valence-electron chi connectivity index (χ1n) is 1.13. The second-order valence-corrected chi connectivity index (χ2v) is 2.95. The van der Waals surface area contributed by atoms with Gasteiger partial charge >= 0.3 is 31.8 Å². The molecule has 0 unspecified atom stereocenters. The average Bonchev–Trinajstić information content (AvgIpc) is 1.73. The predicted molar refractivity (Wildman–Crippen MR) is 15.7 cm³/mol. The maximum atomic E-state index is 7.89. The summed E-state index contributed by atoms with van der Waals surface area (Å²) in [6, 6.07) is 0. The Morgan fingerprint density at radius 1 is 0.875 bits per heavy atom. The van der Waals surface area contributed by atoms with Gasteiger partial charge in [-0.2, -0.15) is 0 Å². The van der Waals surface area contributed by atoms with Crippen LogP contribution in [-0.4, -0.2) is 14.7 Å². The molecule has 0 aliphatic carbocycles. The van der Waals surface area contributed by atoms with Crippen molar-refractivity contribution >= 4 is 7.74 Å². The van der Waals surface area contributed by atoms with Crippen molar-refractivity contribution in [2.75, 3.05) is 0 Å². The minimum atomic E-state index is -4.80. The van der Waals surface area contributed by atoms with Crippen molar-refractivity contribution in [1.82, 2.24) is 0 Å². The van der Waals surface area contributed by atoms with Gasteiger partial charge in [0.05, 0.1) is 0 Å². The second kappa shape index (κ2) is 2.72. The molecule has 3 N–H and O–H groups in total. The van der Waals surface area contributed by atoms with Gasteiger partial charge in [-0.1, -0.05) is 0 Å². The van der Waals surface area contributed by atoms with Crippen molar-refractivity contribution in [1.29, 1.82) is 0 Å². The van der Waals surface area contributed by atoms with Crippen LogP contribution in [0.4, 0.5) is 0 Å². The molecule has 46 valence electrons. The van der Waals surface area contributed by atoms with Crippen LogP contribution in [0.3, 0.4) is 0 Å². The Hall–Kier alpha value is 1.66. The Morgan fingerprint density at radius 2 is 1.00 bits per heavy atom. The van der Waals surface area contributed by atoms with Crippen LogP contribution in [0.5, 0.6) is 0 Å². The second-order valence-electron chi connectivity index (χ2n) is 0.982. The zero-order chi connectivity index (χ0) is 4.86. The summed E-state index contributed by atoms with van der Waals surface area (Å²) >= 11 is 0. The molecule has 0 saturated carbocycles. The number of hydrogen-bond donors (Lipinski definition) is 3. The van der Waals surface area contributed by atoms with Crippen molar-refractivity contribution in [2.45, 2.75) is 0 Å². The molecule has 0 bridgehead atoms. The Kier molecular flexibility index (Phi) is 4.20. The molecule has 0 spiro atoms. The van der Waals surface area contributed by atoms with Gasteiger partial charge in [-0.15, -0.1) is 0 Å². The molecule has 0 aromatic heterocycles. The van der Waals surface area contributed by atoms with Gasteiger partial charge < -0.3 is 0 Å². The molecule has 8 heteroatoms. The third-order valence-electron chi connectivity index (χ3n) is 0.275.